The van der Waals surface area contributed by atoms with Gasteiger partial charge >= 0.3 is 0 Å². The summed E-state index contributed by atoms with van der Waals surface area (Å²) >= 11 is 0. The lowest BCUT2D eigenvalue weighted by Gasteiger charge is -2.10. The number of rotatable bonds is 4. The number of carbonyl (C=O) groups is 1. The van der Waals surface area contributed by atoms with E-state index in [1.165, 1.54) is 0 Å². The normalized spacial score (nSPS) is 13.9. The highest BCUT2D eigenvalue weighted by atomic mass is 16.5. The fourth-order valence-electron chi connectivity index (χ4n) is 1.30. The molecule has 0 radical (unpaired) electrons. The Hall–Kier alpha value is -1.57. The summed E-state index contributed by atoms with van der Waals surface area (Å²) in [5.41, 5.74) is 4.56. The molecular formula is C14H21NO2. The molecule has 0 heterocycles. The summed E-state index contributed by atoms with van der Waals surface area (Å²) in [5, 5.41) is 0. The second kappa shape index (κ2) is 8.57. The highest BCUT2D eigenvalue weighted by Crippen LogP contribution is 2.13. The zero-order valence-corrected chi connectivity index (χ0v) is 11.3. The van der Waals surface area contributed by atoms with Crippen molar-refractivity contribution < 1.29 is 9.53 Å². The molecule has 0 bridgehead atoms. The van der Waals surface area contributed by atoms with Gasteiger partial charge in [-0.05, 0) is 31.8 Å². The predicted octanol–water partition coefficient (Wildman–Crippen LogP) is 2.32. The van der Waals surface area contributed by atoms with Gasteiger partial charge in [0, 0.05) is 18.2 Å². The molecule has 0 aromatic heterocycles. The molecule has 94 valence electrons. The van der Waals surface area contributed by atoms with E-state index in [1.807, 2.05) is 38.9 Å². The third kappa shape index (κ3) is 5.34. The minimum atomic E-state index is 0.641. The Kier molecular flexibility index (Phi) is 7.78. The van der Waals surface area contributed by atoms with Gasteiger partial charge in [-0.2, -0.15) is 0 Å². The Morgan fingerprint density at radius 2 is 2.00 bits per heavy atom. The summed E-state index contributed by atoms with van der Waals surface area (Å²) < 4.78 is 5.07. The summed E-state index contributed by atoms with van der Waals surface area (Å²) in [7, 11) is 5.49. The molecule has 0 spiro atoms. The zero-order valence-electron chi connectivity index (χ0n) is 11.3. The number of allylic oxidation sites excluding steroid dienone is 3. The van der Waals surface area contributed by atoms with E-state index in [0.29, 0.717) is 17.9 Å². The Morgan fingerprint density at radius 3 is 2.47 bits per heavy atom. The largest absolute Gasteiger partial charge is 0.496 e. The van der Waals surface area contributed by atoms with E-state index < -0.39 is 0 Å². The fraction of sp³-hybridized carbons (Fsp3) is 0.429. The van der Waals surface area contributed by atoms with Crippen LogP contribution in [0.15, 0.2) is 40.9 Å². The van der Waals surface area contributed by atoms with E-state index >= 15 is 0 Å². The molecule has 0 aromatic carbocycles. The van der Waals surface area contributed by atoms with Crippen molar-refractivity contribution in [2.75, 3.05) is 27.7 Å². The van der Waals surface area contributed by atoms with Gasteiger partial charge in [0.25, 0.3) is 0 Å². The van der Waals surface area contributed by atoms with Gasteiger partial charge in [0.05, 0.1) is 7.11 Å². The molecule has 0 saturated carbocycles. The van der Waals surface area contributed by atoms with Crippen molar-refractivity contribution in [1.82, 2.24) is 4.90 Å². The van der Waals surface area contributed by atoms with Crippen molar-refractivity contribution in [2.24, 2.45) is 0 Å². The molecule has 3 heteroatoms. The molecule has 17 heavy (non-hydrogen) atoms. The van der Waals surface area contributed by atoms with Gasteiger partial charge < -0.3 is 9.64 Å². The van der Waals surface area contributed by atoms with E-state index in [4.69, 9.17) is 4.74 Å². The number of methoxy groups -OCH3 is 1. The Bertz CT molecular complexity index is 370. The van der Waals surface area contributed by atoms with Crippen LogP contribution in [-0.2, 0) is 9.53 Å². The van der Waals surface area contributed by atoms with Crippen LogP contribution in [-0.4, -0.2) is 38.9 Å². The Balaban J connectivity index is 0.00000121. The molecule has 0 aromatic rings. The van der Waals surface area contributed by atoms with E-state index in [2.05, 4.69) is 5.73 Å². The van der Waals surface area contributed by atoms with Crippen molar-refractivity contribution >= 4 is 6.29 Å². The summed E-state index contributed by atoms with van der Waals surface area (Å²) in [6, 6.07) is 0. The van der Waals surface area contributed by atoms with Crippen LogP contribution in [0.3, 0.4) is 0 Å². The monoisotopic (exact) mass is 235 g/mol. The minimum Gasteiger partial charge on any atom is -0.496 e. The van der Waals surface area contributed by atoms with Gasteiger partial charge in [-0.25, -0.2) is 0 Å². The van der Waals surface area contributed by atoms with Crippen molar-refractivity contribution in [3.63, 3.8) is 0 Å². The van der Waals surface area contributed by atoms with E-state index in [9.17, 15) is 4.79 Å². The first-order chi connectivity index (χ1) is 8.17. The second-order valence-electron chi connectivity index (χ2n) is 3.54. The van der Waals surface area contributed by atoms with Crippen LogP contribution in [0.2, 0.25) is 0 Å². The molecule has 1 aliphatic rings. The quantitative estimate of drug-likeness (QED) is 0.553. The number of nitrogens with zero attached hydrogens (tertiary/aromatic N) is 1. The summed E-state index contributed by atoms with van der Waals surface area (Å²) in [5.74, 6) is 0.641. The van der Waals surface area contributed by atoms with Crippen molar-refractivity contribution in [2.45, 2.75) is 13.8 Å². The zero-order chi connectivity index (χ0) is 13.3. The molecule has 1 aliphatic carbocycles. The summed E-state index contributed by atoms with van der Waals surface area (Å²) in [4.78, 5) is 12.9. The number of aldehydes is 1. The minimum absolute atomic E-state index is 0.641. The highest BCUT2D eigenvalue weighted by Gasteiger charge is 2.06. The molecule has 3 nitrogen and oxygen atoms in total. The molecule has 0 unspecified atom stereocenters. The van der Waals surface area contributed by atoms with Gasteiger partial charge in [-0.15, -0.1) is 5.73 Å². The van der Waals surface area contributed by atoms with Gasteiger partial charge in [0.15, 0.2) is 6.29 Å². The topological polar surface area (TPSA) is 29.5 Å². The highest BCUT2D eigenvalue weighted by molar-refractivity contribution is 5.80. The van der Waals surface area contributed by atoms with Crippen molar-refractivity contribution in [3.8, 4) is 0 Å². The third-order valence-electron chi connectivity index (χ3n) is 2.00. The van der Waals surface area contributed by atoms with E-state index in [-0.39, 0.29) is 0 Å². The molecule has 1 rings (SSSR count). The number of hydrogen-bond acceptors (Lipinski definition) is 3. The van der Waals surface area contributed by atoms with Gasteiger partial charge in [-0.1, -0.05) is 13.8 Å². The maximum atomic E-state index is 10.9. The molecule has 0 aliphatic heterocycles. The molecular weight excluding hydrogens is 214 g/mol. The SMILES string of the molecule is CC.COC1=CC(C=O)=C(CN(C)C)C=C=C1. The van der Waals surface area contributed by atoms with Crippen LogP contribution in [0.25, 0.3) is 0 Å². The maximum absolute atomic E-state index is 10.9. The van der Waals surface area contributed by atoms with Crippen LogP contribution in [0, 0.1) is 0 Å². The fourth-order valence-corrected chi connectivity index (χ4v) is 1.30. The van der Waals surface area contributed by atoms with Crippen LogP contribution in [0.4, 0.5) is 0 Å². The summed E-state index contributed by atoms with van der Waals surface area (Å²) in [6.07, 6.45) is 6.09. The number of ether oxygens (including phenoxy) is 1. The predicted molar refractivity (Wildman–Crippen MR) is 70.7 cm³/mol. The van der Waals surface area contributed by atoms with Crippen molar-refractivity contribution in [3.05, 3.63) is 40.9 Å². The maximum Gasteiger partial charge on any atom is 0.150 e. The first-order valence-electron chi connectivity index (χ1n) is 5.68. The van der Waals surface area contributed by atoms with Crippen LogP contribution >= 0.6 is 0 Å². The van der Waals surface area contributed by atoms with Gasteiger partial charge in [-0.3, -0.25) is 4.79 Å². The molecule has 0 N–H and O–H groups in total. The van der Waals surface area contributed by atoms with Crippen LogP contribution < -0.4 is 0 Å². The molecule has 0 fully saturated rings. The molecule has 0 atom stereocenters. The Morgan fingerprint density at radius 1 is 1.35 bits per heavy atom. The number of hydrogen-bond donors (Lipinski definition) is 0. The lowest BCUT2D eigenvalue weighted by Crippen LogP contribution is -2.15. The van der Waals surface area contributed by atoms with E-state index in [0.717, 1.165) is 11.9 Å². The first-order valence-corrected chi connectivity index (χ1v) is 5.68. The standard InChI is InChI=1S/C12H15NO2.C2H6/c1-13(2)8-10-5-4-6-12(15-3)7-11(10)9-14;1-2/h5-7,9H,8H2,1-3H3;1-2H3. The lowest BCUT2D eigenvalue weighted by molar-refractivity contribution is -0.104. The smallest absolute Gasteiger partial charge is 0.150 e. The Labute approximate surface area is 104 Å². The van der Waals surface area contributed by atoms with Gasteiger partial charge in [0.1, 0.15) is 5.76 Å². The van der Waals surface area contributed by atoms with Crippen LogP contribution in [0.1, 0.15) is 13.8 Å². The summed E-state index contributed by atoms with van der Waals surface area (Å²) in [6.45, 7) is 4.71. The molecule has 0 saturated heterocycles. The first kappa shape index (κ1) is 15.4. The third-order valence-corrected chi connectivity index (χ3v) is 2.00. The average molecular weight is 235 g/mol. The van der Waals surface area contributed by atoms with Crippen LogP contribution in [0.5, 0.6) is 0 Å². The van der Waals surface area contributed by atoms with Crippen molar-refractivity contribution in [1.29, 1.82) is 0 Å². The second-order valence-corrected chi connectivity index (χ2v) is 3.54. The van der Waals surface area contributed by atoms with E-state index in [1.54, 1.807) is 19.3 Å². The lowest BCUT2D eigenvalue weighted by atomic mass is 10.1. The number of carbonyl (C=O) groups excluding carboxylic acids is 1. The van der Waals surface area contributed by atoms with Gasteiger partial charge in [0.2, 0.25) is 0 Å². The average Bonchev–Trinajstić information content (AvgIpc) is 2.53. The molecule has 0 amide bonds. The number of likely N-dealkylation sites (N-methyl/N-ethyl adjacent to an activating group) is 1.